The van der Waals surface area contributed by atoms with E-state index >= 15 is 0 Å². The Morgan fingerprint density at radius 1 is 0.541 bits per heavy atom. The fraction of sp³-hybridized carbons (Fsp3) is 0.365. The van der Waals surface area contributed by atoms with Gasteiger partial charge in [-0.15, -0.1) is 0 Å². The molecule has 2 saturated carbocycles. The van der Waals surface area contributed by atoms with E-state index in [0.29, 0.717) is 40.9 Å². The highest BCUT2D eigenvalue weighted by Gasteiger charge is 2.34. The Morgan fingerprint density at radius 3 is 1.46 bits per heavy atom. The van der Waals surface area contributed by atoms with Gasteiger partial charge in [-0.25, -0.2) is 37.7 Å². The molecule has 2 unspecified atom stereocenters. The van der Waals surface area contributed by atoms with Crippen LogP contribution in [0.2, 0.25) is 10.0 Å². The number of carbonyl (C=O) groups is 1. The fourth-order valence-electron chi connectivity index (χ4n) is 14.6. The monoisotopic (exact) mass is 1380 g/mol. The molecule has 510 valence electrons. The van der Waals surface area contributed by atoms with Crippen molar-refractivity contribution in [2.75, 3.05) is 92.1 Å². The number of rotatable bonds is 18. The Hall–Kier alpha value is -8.58. The van der Waals surface area contributed by atoms with Crippen molar-refractivity contribution in [3.05, 3.63) is 196 Å². The molecule has 0 spiro atoms. The average molecular weight is 1380 g/mol. The van der Waals surface area contributed by atoms with Crippen LogP contribution in [0.5, 0.6) is 11.5 Å². The minimum atomic E-state index is -4.05. The number of sulfonamides is 1. The predicted octanol–water partition coefficient (Wildman–Crippen LogP) is 11.5. The van der Waals surface area contributed by atoms with Crippen molar-refractivity contribution in [1.29, 1.82) is 0 Å². The number of anilines is 2. The van der Waals surface area contributed by atoms with Crippen LogP contribution in [-0.4, -0.2) is 166 Å². The fourth-order valence-corrected chi connectivity index (χ4v) is 16.5. The smallest absolute Gasteiger partial charge is 0.242 e. The van der Waals surface area contributed by atoms with Gasteiger partial charge in [-0.05, 0) is 118 Å². The summed E-state index contributed by atoms with van der Waals surface area (Å²) >= 11 is 12.5. The molecule has 4 fully saturated rings. The molecule has 0 radical (unpaired) electrons. The minimum Gasteiger partial charge on any atom is -0.497 e. The van der Waals surface area contributed by atoms with E-state index in [1.807, 2.05) is 132 Å². The SMILES string of the molecule is CN1CCN(C2CCC(n3nc(-c4ccc(C(NS(=O)(=O)c5cccc(Cl)c5Cl)c5ccccc5)cc4)c4c(N)ncnc43)CC2)CC1.COc1ccc(OC)c(CC(=O)NC(c2ccccc2)c2ccc(-c3nn(C4CCC(N5CCN(C)CC5)CC4)c4ncnc(N)c34)cc2)c1. The van der Waals surface area contributed by atoms with Crippen molar-refractivity contribution >= 4 is 72.8 Å². The zero-order valence-electron chi connectivity index (χ0n) is 55.7. The molecule has 21 nitrogen and oxygen atoms in total. The number of likely N-dealkylation sites (N-methyl/N-ethyl adjacent to an activating group) is 2. The molecule has 10 aromatic rings. The van der Waals surface area contributed by atoms with Crippen LogP contribution in [0.1, 0.15) is 103 Å². The third-order valence-electron chi connectivity index (χ3n) is 20.1. The van der Waals surface area contributed by atoms with E-state index in [0.717, 1.165) is 170 Å². The summed E-state index contributed by atoms with van der Waals surface area (Å²) < 4.78 is 45.1. The van der Waals surface area contributed by atoms with E-state index < -0.39 is 16.1 Å². The second-order valence-corrected chi connectivity index (χ2v) is 28.6. The molecule has 2 saturated heterocycles. The molecule has 98 heavy (non-hydrogen) atoms. The number of carbonyl (C=O) groups excluding carboxylic acids is 1. The van der Waals surface area contributed by atoms with Crippen LogP contribution < -0.4 is 31.0 Å². The molecular formula is C74H84Cl2N16O5S. The van der Waals surface area contributed by atoms with Gasteiger partial charge in [0, 0.05) is 81.1 Å². The number of fused-ring (bicyclic) bond motifs is 2. The maximum absolute atomic E-state index is 13.6. The van der Waals surface area contributed by atoms with Crippen molar-refractivity contribution in [3.63, 3.8) is 0 Å². The Bertz CT molecular complexity index is 4500. The summed E-state index contributed by atoms with van der Waals surface area (Å²) in [7, 11) is 3.56. The normalized spacial score (nSPS) is 19.7. The van der Waals surface area contributed by atoms with E-state index in [9.17, 15) is 13.2 Å². The number of aromatic nitrogens is 8. The van der Waals surface area contributed by atoms with Gasteiger partial charge in [0.05, 0.1) is 65.6 Å². The van der Waals surface area contributed by atoms with Gasteiger partial charge in [-0.3, -0.25) is 14.6 Å². The van der Waals surface area contributed by atoms with E-state index in [-0.39, 0.29) is 45.4 Å². The zero-order chi connectivity index (χ0) is 68.0. The third kappa shape index (κ3) is 14.9. The second kappa shape index (κ2) is 30.3. The molecule has 4 aliphatic rings. The highest BCUT2D eigenvalue weighted by atomic mass is 35.5. The van der Waals surface area contributed by atoms with Crippen LogP contribution >= 0.6 is 23.2 Å². The molecular weight excluding hydrogens is 1300 g/mol. The summed E-state index contributed by atoms with van der Waals surface area (Å²) in [4.78, 5) is 41.6. The van der Waals surface area contributed by atoms with Crippen molar-refractivity contribution in [2.45, 2.75) is 98.9 Å². The lowest BCUT2D eigenvalue weighted by Gasteiger charge is -2.41. The zero-order valence-corrected chi connectivity index (χ0v) is 58.1. The molecule has 14 rings (SSSR count). The number of methoxy groups -OCH3 is 2. The minimum absolute atomic E-state index is 0.0242. The molecule has 6 N–H and O–H groups in total. The number of nitrogens with one attached hydrogen (secondary N) is 2. The molecule has 1 amide bonds. The average Bonchev–Trinajstić information content (AvgIpc) is 0.973. The van der Waals surface area contributed by atoms with E-state index in [4.69, 9.17) is 54.3 Å². The van der Waals surface area contributed by atoms with Gasteiger partial charge >= 0.3 is 0 Å². The molecule has 2 atom stereocenters. The molecule has 0 bridgehead atoms. The summed E-state index contributed by atoms with van der Waals surface area (Å²) in [6.07, 6.45) is 11.9. The summed E-state index contributed by atoms with van der Waals surface area (Å²) in [5.74, 6) is 1.98. The molecule has 2 aliphatic heterocycles. The van der Waals surface area contributed by atoms with Gasteiger partial charge in [0.2, 0.25) is 15.9 Å². The standard InChI is InChI=1S/C39H46N8O3.C35H38Cl2N8O2S/c1-45-19-21-46(22-20-45)30-13-15-31(16-14-30)47-39-35(38(40)41-25-42-39)37(44-47)28-11-9-27(10-12-28)36(26-7-5-4-6-8-26)43-34(48)24-29-23-32(49-2)17-18-33(29)50-3;1-43-18-20-44(21-19-43)26-14-16-27(17-15-26)45-35-30(34(38)39-22-40-35)33(41-45)25-12-10-24(11-13-25)32(23-6-3-2-4-7-23)42-48(46,47)29-9-5-8-28(36)31(29)37/h4-12,17-18,23,25,30-31,36H,13-16,19-22,24H2,1-3H3,(H,43,48)(H2,40,41,42);2-13,22,26-27,32,42H,14-21H2,1H3,(H2,38,39,40). The largest absolute Gasteiger partial charge is 0.497 e. The Morgan fingerprint density at radius 2 is 0.990 bits per heavy atom. The van der Waals surface area contributed by atoms with E-state index in [1.54, 1.807) is 26.4 Å². The highest BCUT2D eigenvalue weighted by molar-refractivity contribution is 7.89. The van der Waals surface area contributed by atoms with Crippen molar-refractivity contribution in [3.8, 4) is 34.0 Å². The van der Waals surface area contributed by atoms with Crippen LogP contribution in [0.15, 0.2) is 163 Å². The summed E-state index contributed by atoms with van der Waals surface area (Å²) in [5, 5.41) is 15.2. The van der Waals surface area contributed by atoms with Crippen LogP contribution in [0, 0.1) is 0 Å². The number of hydrogen-bond acceptors (Lipinski definition) is 17. The van der Waals surface area contributed by atoms with Crippen LogP contribution in [0.3, 0.4) is 0 Å². The maximum Gasteiger partial charge on any atom is 0.242 e. The summed E-state index contributed by atoms with van der Waals surface area (Å²) in [5.41, 5.74) is 21.9. The third-order valence-corrected chi connectivity index (χ3v) is 22.5. The van der Waals surface area contributed by atoms with Crippen molar-refractivity contribution in [2.24, 2.45) is 0 Å². The lowest BCUT2D eigenvalue weighted by atomic mass is 9.90. The van der Waals surface area contributed by atoms with Crippen molar-refractivity contribution in [1.82, 2.24) is 69.1 Å². The van der Waals surface area contributed by atoms with Gasteiger partial charge in [-0.2, -0.15) is 14.9 Å². The maximum atomic E-state index is 13.6. The molecule has 24 heteroatoms. The number of nitrogen functional groups attached to an aromatic ring is 2. The van der Waals surface area contributed by atoms with E-state index in [2.05, 4.69) is 68.4 Å². The van der Waals surface area contributed by atoms with Gasteiger partial charge in [0.1, 0.15) is 52.1 Å². The first kappa shape index (κ1) is 68.0. The number of ether oxygens (including phenoxy) is 2. The Balaban J connectivity index is 0.000000177. The van der Waals surface area contributed by atoms with Crippen LogP contribution in [-0.2, 0) is 21.2 Å². The number of hydrogen-bond donors (Lipinski definition) is 4. The quantitative estimate of drug-likeness (QED) is 0.0624. The summed E-state index contributed by atoms with van der Waals surface area (Å²) in [6.45, 7) is 9.06. The molecule has 2 aliphatic carbocycles. The molecule has 6 aromatic carbocycles. The number of benzene rings is 6. The number of piperazine rings is 2. The number of amides is 1. The van der Waals surface area contributed by atoms with Crippen LogP contribution in [0.25, 0.3) is 44.6 Å². The van der Waals surface area contributed by atoms with Gasteiger partial charge in [0.25, 0.3) is 0 Å². The van der Waals surface area contributed by atoms with Gasteiger partial charge in [-0.1, -0.05) is 138 Å². The number of nitrogens with two attached hydrogens (primary N) is 2. The first-order valence-corrected chi connectivity index (χ1v) is 35.9. The second-order valence-electron chi connectivity index (χ2n) is 26.1. The lowest BCUT2D eigenvalue weighted by molar-refractivity contribution is -0.121. The molecule has 4 aromatic heterocycles. The number of halogens is 2. The first-order valence-electron chi connectivity index (χ1n) is 33.7. The van der Waals surface area contributed by atoms with Crippen molar-refractivity contribution < 1.29 is 22.7 Å². The van der Waals surface area contributed by atoms with Crippen LogP contribution in [0.4, 0.5) is 11.6 Å². The predicted molar refractivity (Wildman–Crippen MR) is 386 cm³/mol. The van der Waals surface area contributed by atoms with Gasteiger partial charge in [0.15, 0.2) is 11.3 Å². The topological polar surface area (TPSA) is 246 Å². The first-order chi connectivity index (χ1) is 47.6. The van der Waals surface area contributed by atoms with E-state index in [1.165, 1.54) is 18.7 Å². The Kier molecular flexibility index (Phi) is 21.0. The lowest BCUT2D eigenvalue weighted by Crippen LogP contribution is -2.49. The highest BCUT2D eigenvalue weighted by Crippen LogP contribution is 2.41. The Labute approximate surface area is 582 Å². The number of nitrogens with zero attached hydrogens (tertiary/aromatic N) is 12. The molecule has 6 heterocycles. The summed E-state index contributed by atoms with van der Waals surface area (Å²) in [6, 6.07) is 45.9. The van der Waals surface area contributed by atoms with Gasteiger partial charge < -0.3 is 36.1 Å².